The second kappa shape index (κ2) is 7.94. The van der Waals surface area contributed by atoms with Crippen LogP contribution in [0.1, 0.15) is 52.3 Å². The zero-order chi connectivity index (χ0) is 19.5. The van der Waals surface area contributed by atoms with E-state index in [0.717, 1.165) is 29.5 Å². The van der Waals surface area contributed by atoms with E-state index < -0.39 is 0 Å². The number of rotatable bonds is 6. The van der Waals surface area contributed by atoms with Crippen molar-refractivity contribution in [3.63, 3.8) is 0 Å². The summed E-state index contributed by atoms with van der Waals surface area (Å²) in [6.45, 7) is 2.05. The van der Waals surface area contributed by atoms with Gasteiger partial charge in [0, 0.05) is 24.2 Å². The fraction of sp³-hybridized carbons (Fsp3) is 0.318. The van der Waals surface area contributed by atoms with E-state index >= 15 is 0 Å². The number of aliphatic hydroxyl groups excluding tert-OH is 1. The summed E-state index contributed by atoms with van der Waals surface area (Å²) in [5, 5.41) is 16.3. The first kappa shape index (κ1) is 18.4. The SMILES string of the molecule is CCc1nc(-c2ccc3c(c2)CCC3NC(=O)c2cccc(CCO)c2)no1. The molecule has 1 aromatic heterocycles. The lowest BCUT2D eigenvalue weighted by atomic mass is 10.0. The Morgan fingerprint density at radius 1 is 1.29 bits per heavy atom. The van der Waals surface area contributed by atoms with E-state index in [1.54, 1.807) is 6.07 Å². The summed E-state index contributed by atoms with van der Waals surface area (Å²) in [5.74, 6) is 1.14. The minimum absolute atomic E-state index is 0.00508. The maximum atomic E-state index is 12.7. The van der Waals surface area contributed by atoms with Crippen LogP contribution in [0.15, 0.2) is 47.0 Å². The van der Waals surface area contributed by atoms with Crippen LogP contribution in [0.5, 0.6) is 0 Å². The van der Waals surface area contributed by atoms with Crippen molar-refractivity contribution in [2.24, 2.45) is 0 Å². The quantitative estimate of drug-likeness (QED) is 0.688. The molecule has 0 aliphatic heterocycles. The number of carbonyl (C=O) groups is 1. The largest absolute Gasteiger partial charge is 0.396 e. The number of hydrogen-bond acceptors (Lipinski definition) is 5. The highest BCUT2D eigenvalue weighted by molar-refractivity contribution is 5.94. The van der Waals surface area contributed by atoms with E-state index in [1.165, 1.54) is 5.56 Å². The Labute approximate surface area is 163 Å². The molecule has 1 heterocycles. The average molecular weight is 377 g/mol. The van der Waals surface area contributed by atoms with Gasteiger partial charge in [0.15, 0.2) is 0 Å². The number of nitrogens with zero attached hydrogens (tertiary/aromatic N) is 2. The highest BCUT2D eigenvalue weighted by Crippen LogP contribution is 2.34. The van der Waals surface area contributed by atoms with Gasteiger partial charge in [-0.3, -0.25) is 4.79 Å². The number of nitrogens with one attached hydrogen (secondary N) is 1. The Bertz CT molecular complexity index is 996. The predicted octanol–water partition coefficient (Wildman–Crippen LogP) is 3.25. The van der Waals surface area contributed by atoms with Gasteiger partial charge in [0.05, 0.1) is 6.04 Å². The van der Waals surface area contributed by atoms with Crippen LogP contribution in [-0.4, -0.2) is 27.8 Å². The summed E-state index contributed by atoms with van der Waals surface area (Å²) in [6.07, 6.45) is 3.03. The number of aryl methyl sites for hydroxylation is 2. The van der Waals surface area contributed by atoms with Crippen molar-refractivity contribution >= 4 is 5.91 Å². The molecule has 6 nitrogen and oxygen atoms in total. The molecule has 0 saturated carbocycles. The average Bonchev–Trinajstić information content (AvgIpc) is 3.35. The molecule has 1 aliphatic carbocycles. The second-order valence-corrected chi connectivity index (χ2v) is 7.02. The van der Waals surface area contributed by atoms with E-state index in [4.69, 9.17) is 9.63 Å². The van der Waals surface area contributed by atoms with E-state index in [-0.39, 0.29) is 18.6 Å². The molecule has 0 fully saturated rings. The van der Waals surface area contributed by atoms with Gasteiger partial charge in [0.2, 0.25) is 11.7 Å². The summed E-state index contributed by atoms with van der Waals surface area (Å²) in [4.78, 5) is 17.1. The highest BCUT2D eigenvalue weighted by Gasteiger charge is 2.25. The molecule has 28 heavy (non-hydrogen) atoms. The van der Waals surface area contributed by atoms with Crippen LogP contribution in [0.3, 0.4) is 0 Å². The van der Waals surface area contributed by atoms with Crippen molar-refractivity contribution in [1.29, 1.82) is 0 Å². The Morgan fingerprint density at radius 2 is 2.18 bits per heavy atom. The first-order chi connectivity index (χ1) is 13.7. The number of aliphatic hydroxyl groups is 1. The molecule has 0 bridgehead atoms. The molecule has 2 N–H and O–H groups in total. The van der Waals surface area contributed by atoms with Crippen molar-refractivity contribution in [3.8, 4) is 11.4 Å². The summed E-state index contributed by atoms with van der Waals surface area (Å²) in [7, 11) is 0. The summed E-state index contributed by atoms with van der Waals surface area (Å²) < 4.78 is 5.20. The molecule has 0 radical (unpaired) electrons. The van der Waals surface area contributed by atoms with E-state index in [1.807, 2.05) is 37.3 Å². The topological polar surface area (TPSA) is 88.2 Å². The number of carbonyl (C=O) groups excluding carboxylic acids is 1. The van der Waals surface area contributed by atoms with Crippen LogP contribution in [0.4, 0.5) is 0 Å². The molecule has 0 spiro atoms. The lowest BCUT2D eigenvalue weighted by Crippen LogP contribution is -2.27. The molecule has 3 aromatic rings. The Morgan fingerprint density at radius 3 is 2.96 bits per heavy atom. The minimum atomic E-state index is -0.0903. The number of hydrogen-bond donors (Lipinski definition) is 2. The van der Waals surface area contributed by atoms with Crippen LogP contribution in [0, 0.1) is 0 Å². The third-order valence-corrected chi connectivity index (χ3v) is 5.14. The number of aromatic nitrogens is 2. The molecule has 1 amide bonds. The fourth-order valence-corrected chi connectivity index (χ4v) is 3.66. The van der Waals surface area contributed by atoms with Gasteiger partial charge in [-0.15, -0.1) is 0 Å². The maximum Gasteiger partial charge on any atom is 0.251 e. The second-order valence-electron chi connectivity index (χ2n) is 7.02. The number of amides is 1. The Kier molecular flexibility index (Phi) is 5.21. The zero-order valence-corrected chi connectivity index (χ0v) is 15.8. The normalized spacial score (nSPS) is 15.4. The van der Waals surface area contributed by atoms with Gasteiger partial charge >= 0.3 is 0 Å². The van der Waals surface area contributed by atoms with E-state index in [2.05, 4.69) is 21.5 Å². The van der Waals surface area contributed by atoms with Gasteiger partial charge in [0.25, 0.3) is 5.91 Å². The Balaban J connectivity index is 1.50. The fourth-order valence-electron chi connectivity index (χ4n) is 3.66. The van der Waals surface area contributed by atoms with Crippen LogP contribution in [0.2, 0.25) is 0 Å². The zero-order valence-electron chi connectivity index (χ0n) is 15.8. The minimum Gasteiger partial charge on any atom is -0.396 e. The monoisotopic (exact) mass is 377 g/mol. The van der Waals surface area contributed by atoms with E-state index in [9.17, 15) is 4.79 Å². The van der Waals surface area contributed by atoms with Crippen molar-refractivity contribution in [2.45, 2.75) is 38.6 Å². The van der Waals surface area contributed by atoms with Crippen LogP contribution < -0.4 is 5.32 Å². The highest BCUT2D eigenvalue weighted by atomic mass is 16.5. The molecule has 0 saturated heterocycles. The molecule has 2 aromatic carbocycles. The third kappa shape index (κ3) is 3.68. The van der Waals surface area contributed by atoms with Crippen molar-refractivity contribution in [3.05, 3.63) is 70.6 Å². The molecular formula is C22H23N3O3. The lowest BCUT2D eigenvalue weighted by Gasteiger charge is -2.15. The van der Waals surface area contributed by atoms with Gasteiger partial charge < -0.3 is 14.9 Å². The number of fused-ring (bicyclic) bond motifs is 1. The maximum absolute atomic E-state index is 12.7. The molecule has 1 atom stereocenters. The summed E-state index contributed by atoms with van der Waals surface area (Å²) in [6, 6.07) is 13.5. The van der Waals surface area contributed by atoms with Gasteiger partial charge in [-0.1, -0.05) is 36.3 Å². The van der Waals surface area contributed by atoms with Crippen LogP contribution in [-0.2, 0) is 19.3 Å². The van der Waals surface area contributed by atoms with Crippen LogP contribution >= 0.6 is 0 Å². The smallest absolute Gasteiger partial charge is 0.251 e. The number of benzene rings is 2. The first-order valence-corrected chi connectivity index (χ1v) is 9.64. The first-order valence-electron chi connectivity index (χ1n) is 9.64. The van der Waals surface area contributed by atoms with E-state index in [0.29, 0.717) is 30.1 Å². The summed E-state index contributed by atoms with van der Waals surface area (Å²) in [5.41, 5.74) is 4.86. The molecule has 1 aliphatic rings. The molecule has 1 unspecified atom stereocenters. The van der Waals surface area contributed by atoms with Crippen molar-refractivity contribution in [2.75, 3.05) is 6.61 Å². The van der Waals surface area contributed by atoms with Gasteiger partial charge in [0.1, 0.15) is 0 Å². The van der Waals surface area contributed by atoms with Crippen molar-refractivity contribution in [1.82, 2.24) is 15.5 Å². The summed E-state index contributed by atoms with van der Waals surface area (Å²) >= 11 is 0. The third-order valence-electron chi connectivity index (χ3n) is 5.14. The van der Waals surface area contributed by atoms with Gasteiger partial charge in [-0.2, -0.15) is 4.98 Å². The standard InChI is InChI=1S/C22H23N3O3/c1-2-20-24-21(25-28-20)16-6-8-18-15(13-16)7-9-19(18)23-22(27)17-5-3-4-14(12-17)10-11-26/h3-6,8,12-13,19,26H,2,7,9-11H2,1H3,(H,23,27). The molecule has 6 heteroatoms. The van der Waals surface area contributed by atoms with Gasteiger partial charge in [-0.05, 0) is 54.2 Å². The van der Waals surface area contributed by atoms with Crippen molar-refractivity contribution < 1.29 is 14.4 Å². The molecule has 144 valence electrons. The molecule has 4 rings (SSSR count). The van der Waals surface area contributed by atoms with Gasteiger partial charge in [-0.25, -0.2) is 0 Å². The predicted molar refractivity (Wildman–Crippen MR) is 105 cm³/mol. The molecular weight excluding hydrogens is 354 g/mol. The lowest BCUT2D eigenvalue weighted by molar-refractivity contribution is 0.0936. The Hall–Kier alpha value is -2.99. The van der Waals surface area contributed by atoms with Crippen LogP contribution in [0.25, 0.3) is 11.4 Å².